The van der Waals surface area contributed by atoms with Crippen LogP contribution in [0.3, 0.4) is 0 Å². The Balaban J connectivity index is 0.000000490. The van der Waals surface area contributed by atoms with E-state index in [1.165, 1.54) is 0 Å². The molecule has 1 heterocycles. The molecular formula is C5H12N2O. The minimum atomic E-state index is 0. The maximum atomic E-state index is 10.3. The van der Waals surface area contributed by atoms with Gasteiger partial charge in [0, 0.05) is 13.1 Å². The minimum Gasteiger partial charge on any atom is -0.354 e. The molecule has 0 aromatic carbocycles. The van der Waals surface area contributed by atoms with Gasteiger partial charge in [0.25, 0.3) is 0 Å². The third-order valence-corrected chi connectivity index (χ3v) is 0.910. The van der Waals surface area contributed by atoms with Gasteiger partial charge in [-0.3, -0.25) is 4.79 Å². The van der Waals surface area contributed by atoms with E-state index in [0.29, 0.717) is 6.54 Å². The van der Waals surface area contributed by atoms with Crippen LogP contribution in [0.4, 0.5) is 0 Å². The predicted molar refractivity (Wildman–Crippen MR) is 32.6 cm³/mol. The largest absolute Gasteiger partial charge is 0.354 e. The molecular weight excluding hydrogens is 104 g/mol. The molecule has 0 atom stereocenters. The molecule has 0 aromatic heterocycles. The van der Waals surface area contributed by atoms with Crippen molar-refractivity contribution in [2.24, 2.45) is 0 Å². The Kier molecular flexibility index (Phi) is 3.19. The van der Waals surface area contributed by atoms with Gasteiger partial charge in [-0.25, -0.2) is 0 Å². The first-order valence-electron chi connectivity index (χ1n) is 2.37. The lowest BCUT2D eigenvalue weighted by Gasteiger charge is -2.11. The second-order valence-electron chi connectivity index (χ2n) is 1.53. The van der Waals surface area contributed by atoms with Crippen LogP contribution in [0.5, 0.6) is 0 Å². The molecule has 1 rings (SSSR count). The molecule has 0 radical (unpaired) electrons. The van der Waals surface area contributed by atoms with Crippen molar-refractivity contribution < 1.29 is 4.79 Å². The van der Waals surface area contributed by atoms with Gasteiger partial charge in [-0.15, -0.1) is 0 Å². The quantitative estimate of drug-likeness (QED) is 0.441. The zero-order chi connectivity index (χ0) is 5.11. The van der Waals surface area contributed by atoms with Gasteiger partial charge in [-0.05, 0) is 0 Å². The topological polar surface area (TPSA) is 41.1 Å². The highest BCUT2D eigenvalue weighted by molar-refractivity contribution is 5.78. The molecule has 3 heteroatoms. The normalized spacial score (nSPS) is 18.8. The summed E-state index contributed by atoms with van der Waals surface area (Å²) in [4.78, 5) is 10.3. The molecule has 1 aliphatic rings. The maximum absolute atomic E-state index is 10.3. The third-order valence-electron chi connectivity index (χ3n) is 0.910. The lowest BCUT2D eigenvalue weighted by atomic mass is 10.4. The van der Waals surface area contributed by atoms with Crippen LogP contribution in [0, 0.1) is 0 Å². The Labute approximate surface area is 49.5 Å². The van der Waals surface area contributed by atoms with E-state index in [-0.39, 0.29) is 13.3 Å². The number of carbonyl (C=O) groups is 1. The Morgan fingerprint density at radius 3 is 2.38 bits per heavy atom. The van der Waals surface area contributed by atoms with Gasteiger partial charge in [0.2, 0.25) is 5.91 Å². The fourth-order valence-electron chi connectivity index (χ4n) is 0.555. The van der Waals surface area contributed by atoms with Gasteiger partial charge >= 0.3 is 0 Å². The van der Waals surface area contributed by atoms with E-state index in [1.807, 2.05) is 0 Å². The molecule has 1 fully saturated rings. The average Bonchev–Trinajstić information content (AvgIpc) is 1.69. The second-order valence-corrected chi connectivity index (χ2v) is 1.53. The van der Waals surface area contributed by atoms with Crippen molar-refractivity contribution in [3.05, 3.63) is 0 Å². The molecule has 0 spiro atoms. The summed E-state index contributed by atoms with van der Waals surface area (Å²) in [5.74, 6) is 0.103. The van der Waals surface area contributed by atoms with Crippen LogP contribution in [0.15, 0.2) is 0 Å². The van der Waals surface area contributed by atoms with E-state index in [1.54, 1.807) is 0 Å². The molecule has 0 aliphatic carbocycles. The van der Waals surface area contributed by atoms with Crippen molar-refractivity contribution in [2.45, 2.75) is 7.43 Å². The van der Waals surface area contributed by atoms with E-state index >= 15 is 0 Å². The lowest BCUT2D eigenvalue weighted by Crippen LogP contribution is -2.44. The van der Waals surface area contributed by atoms with Gasteiger partial charge in [0.15, 0.2) is 0 Å². The zero-order valence-electron chi connectivity index (χ0n) is 4.03. The molecule has 8 heavy (non-hydrogen) atoms. The van der Waals surface area contributed by atoms with Crippen LogP contribution in [0.2, 0.25) is 0 Å². The van der Waals surface area contributed by atoms with Crippen molar-refractivity contribution in [2.75, 3.05) is 19.6 Å². The van der Waals surface area contributed by atoms with Crippen molar-refractivity contribution >= 4 is 5.91 Å². The number of rotatable bonds is 0. The first kappa shape index (κ1) is 7.43. The van der Waals surface area contributed by atoms with Crippen molar-refractivity contribution in [1.82, 2.24) is 10.6 Å². The van der Waals surface area contributed by atoms with Crippen molar-refractivity contribution in [3.8, 4) is 0 Å². The van der Waals surface area contributed by atoms with Crippen molar-refractivity contribution in [3.63, 3.8) is 0 Å². The van der Waals surface area contributed by atoms with Gasteiger partial charge in [-0.1, -0.05) is 7.43 Å². The molecule has 1 saturated heterocycles. The summed E-state index contributed by atoms with van der Waals surface area (Å²) >= 11 is 0. The molecule has 0 aromatic rings. The number of amides is 1. The SMILES string of the molecule is C.O=C1CNCCN1. The van der Waals surface area contributed by atoms with E-state index < -0.39 is 0 Å². The van der Waals surface area contributed by atoms with E-state index in [4.69, 9.17) is 0 Å². The van der Waals surface area contributed by atoms with Crippen LogP contribution in [-0.4, -0.2) is 25.5 Å². The molecule has 48 valence electrons. The summed E-state index contributed by atoms with van der Waals surface area (Å²) in [6, 6.07) is 0. The number of hydrogen-bond donors (Lipinski definition) is 2. The number of nitrogens with one attached hydrogen (secondary N) is 2. The molecule has 0 unspecified atom stereocenters. The minimum absolute atomic E-state index is 0. The Morgan fingerprint density at radius 1 is 1.38 bits per heavy atom. The smallest absolute Gasteiger partial charge is 0.234 e. The fraction of sp³-hybridized carbons (Fsp3) is 0.800. The second kappa shape index (κ2) is 3.43. The molecule has 1 amide bonds. The standard InChI is InChI=1S/C4H8N2O.CH4/c7-4-3-5-1-2-6-4;/h5H,1-3H2,(H,6,7);1H4. The van der Waals surface area contributed by atoms with Gasteiger partial charge in [0.1, 0.15) is 0 Å². The van der Waals surface area contributed by atoms with Gasteiger partial charge < -0.3 is 10.6 Å². The molecule has 0 saturated carbocycles. The van der Waals surface area contributed by atoms with Crippen LogP contribution in [0.25, 0.3) is 0 Å². The molecule has 2 N–H and O–H groups in total. The fourth-order valence-corrected chi connectivity index (χ4v) is 0.555. The van der Waals surface area contributed by atoms with Crippen LogP contribution < -0.4 is 10.6 Å². The molecule has 0 bridgehead atoms. The summed E-state index contributed by atoms with van der Waals surface area (Å²) in [7, 11) is 0. The van der Waals surface area contributed by atoms with Crippen LogP contribution >= 0.6 is 0 Å². The average molecular weight is 116 g/mol. The third kappa shape index (κ3) is 1.93. The highest BCUT2D eigenvalue weighted by Crippen LogP contribution is 1.69. The summed E-state index contributed by atoms with van der Waals surface area (Å²) in [6.45, 7) is 2.17. The van der Waals surface area contributed by atoms with E-state index in [2.05, 4.69) is 10.6 Å². The maximum Gasteiger partial charge on any atom is 0.234 e. The zero-order valence-corrected chi connectivity index (χ0v) is 4.03. The monoisotopic (exact) mass is 116 g/mol. The first-order chi connectivity index (χ1) is 3.39. The Bertz CT molecular complexity index is 74.5. The Morgan fingerprint density at radius 2 is 2.12 bits per heavy atom. The molecule has 3 nitrogen and oxygen atoms in total. The van der Waals surface area contributed by atoms with E-state index in [0.717, 1.165) is 13.1 Å². The first-order valence-corrected chi connectivity index (χ1v) is 2.37. The van der Waals surface area contributed by atoms with E-state index in [9.17, 15) is 4.79 Å². The number of hydrogen-bond acceptors (Lipinski definition) is 2. The number of carbonyl (C=O) groups excluding carboxylic acids is 1. The number of piperazine rings is 1. The summed E-state index contributed by atoms with van der Waals surface area (Å²) in [5.41, 5.74) is 0. The van der Waals surface area contributed by atoms with Gasteiger partial charge in [0.05, 0.1) is 6.54 Å². The summed E-state index contributed by atoms with van der Waals surface area (Å²) in [6.07, 6.45) is 0. The Hall–Kier alpha value is -0.570. The lowest BCUT2D eigenvalue weighted by molar-refractivity contribution is -0.121. The summed E-state index contributed by atoms with van der Waals surface area (Å²) < 4.78 is 0. The highest BCUT2D eigenvalue weighted by atomic mass is 16.2. The summed E-state index contributed by atoms with van der Waals surface area (Å²) in [5, 5.41) is 5.60. The van der Waals surface area contributed by atoms with Crippen LogP contribution in [0.1, 0.15) is 7.43 Å². The van der Waals surface area contributed by atoms with Crippen LogP contribution in [-0.2, 0) is 4.79 Å². The van der Waals surface area contributed by atoms with Gasteiger partial charge in [-0.2, -0.15) is 0 Å². The van der Waals surface area contributed by atoms with Crippen molar-refractivity contribution in [1.29, 1.82) is 0 Å². The molecule has 1 aliphatic heterocycles. The predicted octanol–water partition coefficient (Wildman–Crippen LogP) is -0.658. The highest BCUT2D eigenvalue weighted by Gasteiger charge is 2.02.